The fraction of sp³-hybridized carbons (Fsp3) is 0.316. The van der Waals surface area contributed by atoms with Gasteiger partial charge in [-0.25, -0.2) is 4.98 Å². The highest BCUT2D eigenvalue weighted by molar-refractivity contribution is 5.92. The highest BCUT2D eigenvalue weighted by Crippen LogP contribution is 2.34. The SMILES string of the molecule is CCc1coc2c(N3CCNCC3)cc(-c3ccccc3)nc12. The maximum atomic E-state index is 5.89. The summed E-state index contributed by atoms with van der Waals surface area (Å²) >= 11 is 0. The predicted octanol–water partition coefficient (Wildman–Crippen LogP) is 3.47. The maximum absolute atomic E-state index is 5.89. The average Bonchev–Trinajstić information content (AvgIpc) is 3.05. The zero-order valence-electron chi connectivity index (χ0n) is 13.4. The van der Waals surface area contributed by atoms with Gasteiger partial charge in [0.1, 0.15) is 5.52 Å². The summed E-state index contributed by atoms with van der Waals surface area (Å²) in [5, 5.41) is 3.41. The van der Waals surface area contributed by atoms with Gasteiger partial charge in [-0.05, 0) is 12.5 Å². The number of anilines is 1. The van der Waals surface area contributed by atoms with Crippen molar-refractivity contribution in [3.8, 4) is 11.3 Å². The second kappa shape index (κ2) is 6.05. The molecule has 0 bridgehead atoms. The molecule has 2 aromatic heterocycles. The van der Waals surface area contributed by atoms with Gasteiger partial charge in [-0.2, -0.15) is 0 Å². The number of pyridine rings is 1. The quantitative estimate of drug-likeness (QED) is 0.804. The number of aryl methyl sites for hydroxylation is 1. The molecule has 1 fully saturated rings. The highest BCUT2D eigenvalue weighted by atomic mass is 16.3. The lowest BCUT2D eigenvalue weighted by Gasteiger charge is -2.29. The van der Waals surface area contributed by atoms with E-state index in [1.54, 1.807) is 0 Å². The Morgan fingerprint density at radius 2 is 1.96 bits per heavy atom. The number of nitrogens with one attached hydrogen (secondary N) is 1. The molecule has 0 spiro atoms. The third kappa shape index (κ3) is 2.59. The third-order valence-corrected chi connectivity index (χ3v) is 4.48. The summed E-state index contributed by atoms with van der Waals surface area (Å²) in [5.41, 5.74) is 6.42. The molecule has 0 atom stereocenters. The van der Waals surface area contributed by atoms with E-state index in [1.165, 1.54) is 5.56 Å². The molecule has 1 aliphatic heterocycles. The van der Waals surface area contributed by atoms with E-state index in [2.05, 4.69) is 47.5 Å². The molecule has 3 aromatic rings. The van der Waals surface area contributed by atoms with Gasteiger partial charge < -0.3 is 14.6 Å². The molecular formula is C19H21N3O. The summed E-state index contributed by atoms with van der Waals surface area (Å²) in [4.78, 5) is 7.29. The minimum absolute atomic E-state index is 0.920. The van der Waals surface area contributed by atoms with Crippen molar-refractivity contribution in [3.63, 3.8) is 0 Å². The maximum Gasteiger partial charge on any atom is 0.175 e. The van der Waals surface area contributed by atoms with Gasteiger partial charge in [0.2, 0.25) is 0 Å². The van der Waals surface area contributed by atoms with E-state index >= 15 is 0 Å². The predicted molar refractivity (Wildman–Crippen MR) is 93.9 cm³/mol. The number of aromatic nitrogens is 1. The minimum Gasteiger partial charge on any atom is -0.460 e. The largest absolute Gasteiger partial charge is 0.460 e. The molecule has 0 amide bonds. The van der Waals surface area contributed by atoms with Crippen molar-refractivity contribution in [1.29, 1.82) is 0 Å². The van der Waals surface area contributed by atoms with Crippen LogP contribution < -0.4 is 10.2 Å². The van der Waals surface area contributed by atoms with E-state index in [0.717, 1.165) is 60.6 Å². The molecule has 4 heteroatoms. The van der Waals surface area contributed by atoms with Gasteiger partial charge in [0.15, 0.2) is 5.58 Å². The molecule has 0 unspecified atom stereocenters. The number of rotatable bonds is 3. The van der Waals surface area contributed by atoms with Crippen molar-refractivity contribution in [2.45, 2.75) is 13.3 Å². The summed E-state index contributed by atoms with van der Waals surface area (Å²) in [6.07, 6.45) is 2.79. The number of nitrogens with zero attached hydrogens (tertiary/aromatic N) is 2. The van der Waals surface area contributed by atoms with Gasteiger partial charge in [-0.15, -0.1) is 0 Å². The third-order valence-electron chi connectivity index (χ3n) is 4.48. The molecule has 3 heterocycles. The Morgan fingerprint density at radius 1 is 1.17 bits per heavy atom. The van der Waals surface area contributed by atoms with Crippen LogP contribution in [-0.2, 0) is 6.42 Å². The van der Waals surface area contributed by atoms with Gasteiger partial charge >= 0.3 is 0 Å². The summed E-state index contributed by atoms with van der Waals surface area (Å²) in [6.45, 7) is 6.15. The molecular weight excluding hydrogens is 286 g/mol. The molecule has 1 N–H and O–H groups in total. The van der Waals surface area contributed by atoms with Crippen LogP contribution in [0.4, 0.5) is 5.69 Å². The number of fused-ring (bicyclic) bond motifs is 1. The van der Waals surface area contributed by atoms with Crippen molar-refractivity contribution < 1.29 is 4.42 Å². The van der Waals surface area contributed by atoms with Crippen LogP contribution in [-0.4, -0.2) is 31.2 Å². The summed E-state index contributed by atoms with van der Waals surface area (Å²) in [6, 6.07) is 12.5. The Labute approximate surface area is 136 Å². The fourth-order valence-corrected chi connectivity index (χ4v) is 3.19. The van der Waals surface area contributed by atoms with Gasteiger partial charge in [0.25, 0.3) is 0 Å². The van der Waals surface area contributed by atoms with Gasteiger partial charge in [-0.1, -0.05) is 37.3 Å². The molecule has 4 nitrogen and oxygen atoms in total. The van der Waals surface area contributed by atoms with Crippen molar-refractivity contribution in [1.82, 2.24) is 10.3 Å². The number of furan rings is 1. The first-order chi connectivity index (χ1) is 11.4. The van der Waals surface area contributed by atoms with E-state index in [1.807, 2.05) is 12.3 Å². The van der Waals surface area contributed by atoms with Crippen molar-refractivity contribution in [2.24, 2.45) is 0 Å². The smallest absolute Gasteiger partial charge is 0.175 e. The van der Waals surface area contributed by atoms with E-state index in [4.69, 9.17) is 9.40 Å². The zero-order chi connectivity index (χ0) is 15.6. The van der Waals surface area contributed by atoms with Crippen LogP contribution in [0.2, 0.25) is 0 Å². The number of piperazine rings is 1. The molecule has 1 aromatic carbocycles. The monoisotopic (exact) mass is 307 g/mol. The van der Waals surface area contributed by atoms with Crippen LogP contribution >= 0.6 is 0 Å². The lowest BCUT2D eigenvalue weighted by atomic mass is 10.1. The summed E-state index contributed by atoms with van der Waals surface area (Å²) < 4.78 is 5.89. The van der Waals surface area contributed by atoms with E-state index in [9.17, 15) is 0 Å². The molecule has 1 saturated heterocycles. The molecule has 0 aliphatic carbocycles. The zero-order valence-corrected chi connectivity index (χ0v) is 13.4. The van der Waals surface area contributed by atoms with E-state index < -0.39 is 0 Å². The molecule has 0 radical (unpaired) electrons. The molecule has 1 aliphatic rings. The lowest BCUT2D eigenvalue weighted by molar-refractivity contribution is 0.578. The van der Waals surface area contributed by atoms with Crippen molar-refractivity contribution in [2.75, 3.05) is 31.1 Å². The van der Waals surface area contributed by atoms with Crippen LogP contribution in [0, 0.1) is 0 Å². The Morgan fingerprint density at radius 3 is 2.70 bits per heavy atom. The Kier molecular flexibility index (Phi) is 3.75. The van der Waals surface area contributed by atoms with Crippen molar-refractivity contribution in [3.05, 3.63) is 48.2 Å². The van der Waals surface area contributed by atoms with E-state index in [-0.39, 0.29) is 0 Å². The Bertz CT molecular complexity index is 804. The normalized spacial score (nSPS) is 15.3. The standard InChI is InChI=1S/C19H21N3O/c1-2-14-13-23-19-17(22-10-8-20-9-11-22)12-16(21-18(14)19)15-6-4-3-5-7-15/h3-7,12-13,20H,2,8-11H2,1H3. The molecule has 0 saturated carbocycles. The second-order valence-electron chi connectivity index (χ2n) is 5.92. The Hall–Kier alpha value is -2.33. The van der Waals surface area contributed by atoms with Crippen LogP contribution in [0.15, 0.2) is 47.1 Å². The molecule has 23 heavy (non-hydrogen) atoms. The van der Waals surface area contributed by atoms with Gasteiger partial charge in [-0.3, -0.25) is 0 Å². The first kappa shape index (κ1) is 14.3. The minimum atomic E-state index is 0.920. The van der Waals surface area contributed by atoms with Crippen LogP contribution in [0.25, 0.3) is 22.4 Å². The number of hydrogen-bond acceptors (Lipinski definition) is 4. The first-order valence-electron chi connectivity index (χ1n) is 8.29. The second-order valence-corrected chi connectivity index (χ2v) is 5.92. The van der Waals surface area contributed by atoms with Gasteiger partial charge in [0, 0.05) is 37.3 Å². The van der Waals surface area contributed by atoms with Gasteiger partial charge in [0.05, 0.1) is 17.6 Å². The molecule has 4 rings (SSSR count). The lowest BCUT2D eigenvalue weighted by Crippen LogP contribution is -2.43. The highest BCUT2D eigenvalue weighted by Gasteiger charge is 2.19. The Balaban J connectivity index is 1.90. The van der Waals surface area contributed by atoms with Crippen molar-refractivity contribution >= 4 is 16.8 Å². The molecule has 118 valence electrons. The number of hydrogen-bond donors (Lipinski definition) is 1. The summed E-state index contributed by atoms with van der Waals surface area (Å²) in [7, 11) is 0. The van der Waals surface area contributed by atoms with E-state index in [0.29, 0.717) is 0 Å². The number of benzene rings is 1. The topological polar surface area (TPSA) is 41.3 Å². The van der Waals surface area contributed by atoms with Crippen LogP contribution in [0.3, 0.4) is 0 Å². The summed E-state index contributed by atoms with van der Waals surface area (Å²) in [5.74, 6) is 0. The first-order valence-corrected chi connectivity index (χ1v) is 8.29. The van der Waals surface area contributed by atoms with Crippen LogP contribution in [0.1, 0.15) is 12.5 Å². The average molecular weight is 307 g/mol. The van der Waals surface area contributed by atoms with Crippen LogP contribution in [0.5, 0.6) is 0 Å². The fourth-order valence-electron chi connectivity index (χ4n) is 3.19.